The monoisotopic (exact) mass is 482 g/mol. The summed E-state index contributed by atoms with van der Waals surface area (Å²) in [5.41, 5.74) is 3.01. The van der Waals surface area contributed by atoms with Crippen LogP contribution in [0, 0.1) is 0 Å². The van der Waals surface area contributed by atoms with Crippen LogP contribution in [0.1, 0.15) is 16.8 Å². The molecule has 4 nitrogen and oxygen atoms in total. The number of pyridine rings is 1. The van der Waals surface area contributed by atoms with E-state index in [-0.39, 0.29) is 12.4 Å². The molecule has 1 N–H and O–H groups in total. The number of methoxy groups -OCH3 is 1. The van der Waals surface area contributed by atoms with E-state index in [1.165, 1.54) is 0 Å². The van der Waals surface area contributed by atoms with Gasteiger partial charge < -0.3 is 14.8 Å². The normalized spacial score (nSPS) is 10.2. The first-order chi connectivity index (χ1) is 13.2. The molecule has 3 aromatic rings. The fourth-order valence-corrected chi connectivity index (χ4v) is 3.41. The first-order valence-corrected chi connectivity index (χ1v) is 9.67. The van der Waals surface area contributed by atoms with Crippen molar-refractivity contribution in [2.75, 3.05) is 7.11 Å². The Bertz CT molecular complexity index is 895. The van der Waals surface area contributed by atoms with E-state index in [4.69, 9.17) is 21.1 Å². The quantitative estimate of drug-likeness (QED) is 0.439. The minimum absolute atomic E-state index is 0. The largest absolute Gasteiger partial charge is 0.493 e. The Hall–Kier alpha value is -1.79. The molecule has 0 spiro atoms. The maximum absolute atomic E-state index is 6.20. The van der Waals surface area contributed by atoms with Crippen LogP contribution in [0.4, 0.5) is 0 Å². The van der Waals surface area contributed by atoms with Crippen molar-refractivity contribution < 1.29 is 9.47 Å². The Balaban J connectivity index is 0.00000280. The molecular formula is C21H21BrCl2N2O2. The third-order valence-electron chi connectivity index (χ3n) is 3.98. The van der Waals surface area contributed by atoms with E-state index < -0.39 is 0 Å². The van der Waals surface area contributed by atoms with Gasteiger partial charge in [0.2, 0.25) is 0 Å². The molecule has 0 bridgehead atoms. The van der Waals surface area contributed by atoms with Gasteiger partial charge in [-0.3, -0.25) is 4.98 Å². The zero-order valence-electron chi connectivity index (χ0n) is 15.3. The molecule has 0 unspecified atom stereocenters. The Labute approximate surface area is 184 Å². The SMILES string of the molecule is COc1cc(CNCc2ccccn2)cc(Br)c1OCc1ccccc1Cl.Cl. The van der Waals surface area contributed by atoms with Crippen LogP contribution in [0.3, 0.4) is 0 Å². The smallest absolute Gasteiger partial charge is 0.175 e. The van der Waals surface area contributed by atoms with Crippen molar-refractivity contribution in [3.63, 3.8) is 0 Å². The average molecular weight is 484 g/mol. The molecular weight excluding hydrogens is 463 g/mol. The zero-order chi connectivity index (χ0) is 19.1. The molecule has 0 amide bonds. The summed E-state index contributed by atoms with van der Waals surface area (Å²) in [6, 6.07) is 17.5. The molecule has 148 valence electrons. The molecule has 0 aliphatic rings. The summed E-state index contributed by atoms with van der Waals surface area (Å²) < 4.78 is 12.3. The second kappa shape index (κ2) is 11.3. The topological polar surface area (TPSA) is 43.4 Å². The lowest BCUT2D eigenvalue weighted by Gasteiger charge is -2.15. The minimum Gasteiger partial charge on any atom is -0.493 e. The number of hydrogen-bond donors (Lipinski definition) is 1. The molecule has 1 aromatic heterocycles. The fourth-order valence-electron chi connectivity index (χ4n) is 2.62. The summed E-state index contributed by atoms with van der Waals surface area (Å²) in [7, 11) is 1.63. The Morgan fingerprint density at radius 3 is 2.57 bits per heavy atom. The number of halogens is 3. The molecule has 0 aliphatic carbocycles. The summed E-state index contributed by atoms with van der Waals surface area (Å²) in [6.45, 7) is 1.76. The second-order valence-electron chi connectivity index (χ2n) is 5.91. The van der Waals surface area contributed by atoms with Crippen LogP contribution in [0.5, 0.6) is 11.5 Å². The maximum atomic E-state index is 6.20. The number of nitrogens with zero attached hydrogens (tertiary/aromatic N) is 1. The van der Waals surface area contributed by atoms with Crippen molar-refractivity contribution in [2.24, 2.45) is 0 Å². The average Bonchev–Trinajstić information content (AvgIpc) is 2.69. The molecule has 0 saturated carbocycles. The summed E-state index contributed by atoms with van der Waals surface area (Å²) in [5, 5.41) is 4.07. The van der Waals surface area contributed by atoms with Crippen LogP contribution < -0.4 is 14.8 Å². The van der Waals surface area contributed by atoms with Crippen LogP contribution >= 0.6 is 39.9 Å². The van der Waals surface area contributed by atoms with Gasteiger partial charge in [-0.1, -0.05) is 35.9 Å². The van der Waals surface area contributed by atoms with Crippen molar-refractivity contribution in [2.45, 2.75) is 19.7 Å². The Morgan fingerprint density at radius 2 is 1.86 bits per heavy atom. The molecule has 2 aromatic carbocycles. The van der Waals surface area contributed by atoms with Crippen LogP contribution in [0.25, 0.3) is 0 Å². The van der Waals surface area contributed by atoms with Gasteiger partial charge in [0.15, 0.2) is 11.5 Å². The Morgan fingerprint density at radius 1 is 1.07 bits per heavy atom. The number of nitrogens with one attached hydrogen (secondary N) is 1. The highest BCUT2D eigenvalue weighted by Gasteiger charge is 2.13. The first kappa shape index (κ1) is 22.5. The molecule has 1 heterocycles. The number of hydrogen-bond acceptors (Lipinski definition) is 4. The first-order valence-electron chi connectivity index (χ1n) is 8.50. The van der Waals surface area contributed by atoms with E-state index in [9.17, 15) is 0 Å². The molecule has 0 fully saturated rings. The van der Waals surface area contributed by atoms with Gasteiger partial charge in [-0.05, 0) is 51.8 Å². The second-order valence-corrected chi connectivity index (χ2v) is 7.18. The van der Waals surface area contributed by atoms with Crippen LogP contribution in [0.15, 0.2) is 65.3 Å². The fraction of sp³-hybridized carbons (Fsp3) is 0.190. The van der Waals surface area contributed by atoms with E-state index in [1.807, 2.05) is 54.6 Å². The van der Waals surface area contributed by atoms with E-state index in [0.29, 0.717) is 36.2 Å². The van der Waals surface area contributed by atoms with Crippen molar-refractivity contribution in [3.8, 4) is 11.5 Å². The zero-order valence-corrected chi connectivity index (χ0v) is 18.5. The number of ether oxygens (including phenoxy) is 2. The lowest BCUT2D eigenvalue weighted by molar-refractivity contribution is 0.282. The van der Waals surface area contributed by atoms with Gasteiger partial charge in [0.05, 0.1) is 17.3 Å². The van der Waals surface area contributed by atoms with Crippen LogP contribution in [-0.2, 0) is 19.7 Å². The lowest BCUT2D eigenvalue weighted by Crippen LogP contribution is -2.13. The summed E-state index contributed by atoms with van der Waals surface area (Å²) in [5.74, 6) is 1.33. The summed E-state index contributed by atoms with van der Waals surface area (Å²) in [4.78, 5) is 4.31. The van der Waals surface area contributed by atoms with Crippen molar-refractivity contribution in [1.29, 1.82) is 0 Å². The standard InChI is InChI=1S/C21H20BrClN2O2.ClH/c1-26-20-11-15(12-24-13-17-7-4-5-9-25-17)10-18(22)21(20)27-14-16-6-2-3-8-19(16)23;/h2-11,24H,12-14H2,1H3;1H. The van der Waals surface area contributed by atoms with E-state index in [2.05, 4.69) is 26.2 Å². The lowest BCUT2D eigenvalue weighted by atomic mass is 10.2. The van der Waals surface area contributed by atoms with E-state index >= 15 is 0 Å². The third kappa shape index (κ3) is 6.11. The van der Waals surface area contributed by atoms with Gasteiger partial charge in [0, 0.05) is 29.9 Å². The summed E-state index contributed by atoms with van der Waals surface area (Å²) >= 11 is 9.79. The number of benzene rings is 2. The van der Waals surface area contributed by atoms with Gasteiger partial charge in [-0.25, -0.2) is 0 Å². The number of aromatic nitrogens is 1. The molecule has 0 atom stereocenters. The molecule has 28 heavy (non-hydrogen) atoms. The van der Waals surface area contributed by atoms with Crippen LogP contribution in [0.2, 0.25) is 5.02 Å². The Kier molecular flexibility index (Phi) is 9.06. The van der Waals surface area contributed by atoms with Crippen molar-refractivity contribution in [3.05, 3.63) is 87.1 Å². The molecule has 7 heteroatoms. The van der Waals surface area contributed by atoms with Gasteiger partial charge in [-0.2, -0.15) is 0 Å². The van der Waals surface area contributed by atoms with E-state index in [0.717, 1.165) is 21.3 Å². The van der Waals surface area contributed by atoms with Crippen LogP contribution in [-0.4, -0.2) is 12.1 Å². The highest BCUT2D eigenvalue weighted by Crippen LogP contribution is 2.37. The predicted molar refractivity (Wildman–Crippen MR) is 119 cm³/mol. The van der Waals surface area contributed by atoms with Gasteiger partial charge in [0.25, 0.3) is 0 Å². The minimum atomic E-state index is 0. The maximum Gasteiger partial charge on any atom is 0.175 e. The highest BCUT2D eigenvalue weighted by atomic mass is 79.9. The molecule has 0 saturated heterocycles. The van der Waals surface area contributed by atoms with Gasteiger partial charge >= 0.3 is 0 Å². The summed E-state index contributed by atoms with van der Waals surface area (Å²) in [6.07, 6.45) is 1.79. The molecule has 0 radical (unpaired) electrons. The van der Waals surface area contributed by atoms with Crippen molar-refractivity contribution >= 4 is 39.9 Å². The third-order valence-corrected chi connectivity index (χ3v) is 4.94. The van der Waals surface area contributed by atoms with Gasteiger partial charge in [-0.15, -0.1) is 12.4 Å². The van der Waals surface area contributed by atoms with Crippen molar-refractivity contribution in [1.82, 2.24) is 10.3 Å². The molecule has 0 aliphatic heterocycles. The predicted octanol–water partition coefficient (Wildman–Crippen LogP) is 5.80. The highest BCUT2D eigenvalue weighted by molar-refractivity contribution is 9.10. The molecule has 3 rings (SSSR count). The number of rotatable bonds is 8. The van der Waals surface area contributed by atoms with E-state index in [1.54, 1.807) is 13.3 Å². The van der Waals surface area contributed by atoms with Gasteiger partial charge in [0.1, 0.15) is 6.61 Å².